The van der Waals surface area contributed by atoms with E-state index in [1.165, 1.54) is 0 Å². The van der Waals surface area contributed by atoms with Crippen LogP contribution in [0.25, 0.3) is 10.1 Å². The highest BCUT2D eigenvalue weighted by atomic mass is 32.1. The van der Waals surface area contributed by atoms with E-state index < -0.39 is 0 Å². The molecule has 2 rings (SSSR count). The van der Waals surface area contributed by atoms with Crippen molar-refractivity contribution >= 4 is 21.4 Å². The normalized spacial score (nSPS) is 10.4. The van der Waals surface area contributed by atoms with Gasteiger partial charge in [0.25, 0.3) is 0 Å². The Morgan fingerprint density at radius 1 is 1.25 bits per heavy atom. The number of benzene rings is 1. The van der Waals surface area contributed by atoms with Gasteiger partial charge >= 0.3 is 0 Å². The smallest absolute Gasteiger partial charge is 0.190 e. The average molecular weight is 176 g/mol. The highest BCUT2D eigenvalue weighted by Gasteiger charge is 1.98. The van der Waals surface area contributed by atoms with E-state index in [-0.39, 0.29) is 5.43 Å². The molecule has 0 saturated heterocycles. The Morgan fingerprint density at radius 3 is 2.83 bits per heavy atom. The molecule has 2 heteroatoms. The molecule has 1 nitrogen and oxygen atoms in total. The fraction of sp³-hybridized carbons (Fsp3) is 0.100. The summed E-state index contributed by atoms with van der Waals surface area (Å²) in [6, 6.07) is 7.70. The highest BCUT2D eigenvalue weighted by molar-refractivity contribution is 7.16. The SMILES string of the molecule is Cc1csc2ccccc2c1=O. The maximum Gasteiger partial charge on any atom is 0.190 e. The molecule has 1 aromatic heterocycles. The summed E-state index contributed by atoms with van der Waals surface area (Å²) in [4.78, 5) is 11.5. The van der Waals surface area contributed by atoms with E-state index in [9.17, 15) is 4.79 Å². The number of aryl methyl sites for hydroxylation is 1. The molecular weight excluding hydrogens is 168 g/mol. The van der Waals surface area contributed by atoms with Crippen molar-refractivity contribution in [3.05, 3.63) is 45.4 Å². The van der Waals surface area contributed by atoms with Crippen LogP contribution in [-0.4, -0.2) is 0 Å². The Bertz CT molecular complexity index is 470. The molecule has 12 heavy (non-hydrogen) atoms. The Balaban J connectivity index is 3.01. The third-order valence-corrected chi connectivity index (χ3v) is 2.93. The van der Waals surface area contributed by atoms with Crippen molar-refractivity contribution in [3.8, 4) is 0 Å². The second-order valence-corrected chi connectivity index (χ2v) is 3.66. The minimum Gasteiger partial charge on any atom is -0.289 e. The van der Waals surface area contributed by atoms with Crippen LogP contribution in [-0.2, 0) is 0 Å². The van der Waals surface area contributed by atoms with Crippen molar-refractivity contribution in [1.82, 2.24) is 0 Å². The molecular formula is C10H8OS. The van der Waals surface area contributed by atoms with Gasteiger partial charge in [0.15, 0.2) is 5.43 Å². The Labute approximate surface area is 74.3 Å². The zero-order chi connectivity index (χ0) is 8.55. The maximum atomic E-state index is 11.5. The Kier molecular flexibility index (Phi) is 1.70. The van der Waals surface area contributed by atoms with Crippen LogP contribution in [0.5, 0.6) is 0 Å². The predicted molar refractivity (Wildman–Crippen MR) is 52.8 cm³/mol. The van der Waals surface area contributed by atoms with E-state index >= 15 is 0 Å². The first-order valence-electron chi connectivity index (χ1n) is 3.76. The van der Waals surface area contributed by atoms with Gasteiger partial charge in [-0.15, -0.1) is 11.3 Å². The summed E-state index contributed by atoms with van der Waals surface area (Å²) in [5.41, 5.74) is 0.989. The number of hydrogen-bond acceptors (Lipinski definition) is 2. The van der Waals surface area contributed by atoms with Gasteiger partial charge in [0, 0.05) is 15.6 Å². The van der Waals surface area contributed by atoms with Crippen molar-refractivity contribution in [2.75, 3.05) is 0 Å². The molecule has 2 aromatic rings. The summed E-state index contributed by atoms with van der Waals surface area (Å²) in [6.45, 7) is 1.85. The summed E-state index contributed by atoms with van der Waals surface area (Å²) in [5, 5.41) is 2.74. The molecule has 60 valence electrons. The van der Waals surface area contributed by atoms with Crippen molar-refractivity contribution in [2.24, 2.45) is 0 Å². The summed E-state index contributed by atoms with van der Waals surface area (Å²) >= 11 is 1.62. The van der Waals surface area contributed by atoms with Gasteiger partial charge in [0.1, 0.15) is 0 Å². The van der Waals surface area contributed by atoms with Gasteiger partial charge in [0.2, 0.25) is 0 Å². The van der Waals surface area contributed by atoms with Gasteiger partial charge in [-0.05, 0) is 24.4 Å². The lowest BCUT2D eigenvalue weighted by molar-refractivity contribution is 1.47. The van der Waals surface area contributed by atoms with Crippen LogP contribution in [0.15, 0.2) is 34.4 Å². The molecule has 1 aromatic carbocycles. The number of hydrogen-bond donors (Lipinski definition) is 0. The molecule has 0 fully saturated rings. The molecule has 0 spiro atoms. The lowest BCUT2D eigenvalue weighted by Gasteiger charge is -1.95. The molecule has 0 atom stereocenters. The van der Waals surface area contributed by atoms with E-state index in [0.717, 1.165) is 15.6 Å². The van der Waals surface area contributed by atoms with Crippen molar-refractivity contribution in [1.29, 1.82) is 0 Å². The first-order chi connectivity index (χ1) is 5.79. The van der Waals surface area contributed by atoms with Crippen LogP contribution in [0, 0.1) is 6.92 Å². The van der Waals surface area contributed by atoms with E-state index in [2.05, 4.69) is 0 Å². The molecule has 0 unspecified atom stereocenters. The molecule has 0 amide bonds. The fourth-order valence-corrected chi connectivity index (χ4v) is 2.03. The van der Waals surface area contributed by atoms with Crippen LogP contribution < -0.4 is 5.43 Å². The molecule has 0 aliphatic heterocycles. The molecule has 0 aliphatic rings. The second kappa shape index (κ2) is 2.72. The van der Waals surface area contributed by atoms with Gasteiger partial charge < -0.3 is 0 Å². The van der Waals surface area contributed by atoms with Crippen LogP contribution in [0.1, 0.15) is 5.56 Å². The third-order valence-electron chi connectivity index (χ3n) is 1.85. The highest BCUT2D eigenvalue weighted by Crippen LogP contribution is 2.15. The van der Waals surface area contributed by atoms with E-state index in [4.69, 9.17) is 0 Å². The summed E-state index contributed by atoms with van der Waals surface area (Å²) in [6.07, 6.45) is 0. The summed E-state index contributed by atoms with van der Waals surface area (Å²) in [7, 11) is 0. The topological polar surface area (TPSA) is 17.1 Å². The summed E-state index contributed by atoms with van der Waals surface area (Å²) < 4.78 is 1.06. The second-order valence-electron chi connectivity index (χ2n) is 2.74. The van der Waals surface area contributed by atoms with Gasteiger partial charge in [-0.2, -0.15) is 0 Å². The molecule has 0 saturated carbocycles. The van der Waals surface area contributed by atoms with E-state index in [1.54, 1.807) is 11.3 Å². The maximum absolute atomic E-state index is 11.5. The average Bonchev–Trinajstić information content (AvgIpc) is 2.12. The third kappa shape index (κ3) is 1.04. The van der Waals surface area contributed by atoms with Crippen molar-refractivity contribution in [3.63, 3.8) is 0 Å². The van der Waals surface area contributed by atoms with Crippen LogP contribution in [0.4, 0.5) is 0 Å². The lowest BCUT2D eigenvalue weighted by atomic mass is 10.2. The lowest BCUT2D eigenvalue weighted by Crippen LogP contribution is -2.02. The fourth-order valence-electron chi connectivity index (χ4n) is 1.17. The molecule has 0 bridgehead atoms. The zero-order valence-corrected chi connectivity index (χ0v) is 7.52. The quantitative estimate of drug-likeness (QED) is 0.603. The Hall–Kier alpha value is -1.15. The molecule has 1 heterocycles. The van der Waals surface area contributed by atoms with E-state index in [1.807, 2.05) is 36.6 Å². The monoisotopic (exact) mass is 176 g/mol. The number of fused-ring (bicyclic) bond motifs is 1. The van der Waals surface area contributed by atoms with Crippen LogP contribution >= 0.6 is 11.3 Å². The predicted octanol–water partition coefficient (Wildman–Crippen LogP) is 2.57. The van der Waals surface area contributed by atoms with Gasteiger partial charge in [-0.3, -0.25) is 4.79 Å². The zero-order valence-electron chi connectivity index (χ0n) is 6.70. The van der Waals surface area contributed by atoms with Crippen molar-refractivity contribution in [2.45, 2.75) is 6.92 Å². The van der Waals surface area contributed by atoms with Gasteiger partial charge in [-0.1, -0.05) is 12.1 Å². The van der Waals surface area contributed by atoms with Crippen LogP contribution in [0.3, 0.4) is 0 Å². The largest absolute Gasteiger partial charge is 0.289 e. The molecule has 0 radical (unpaired) electrons. The van der Waals surface area contributed by atoms with Crippen LogP contribution in [0.2, 0.25) is 0 Å². The molecule has 0 N–H and O–H groups in total. The van der Waals surface area contributed by atoms with Gasteiger partial charge in [0.05, 0.1) is 0 Å². The van der Waals surface area contributed by atoms with E-state index in [0.29, 0.717) is 0 Å². The first-order valence-corrected chi connectivity index (χ1v) is 4.64. The summed E-state index contributed by atoms with van der Waals surface area (Å²) in [5.74, 6) is 0. The first kappa shape index (κ1) is 7.50. The molecule has 0 aliphatic carbocycles. The minimum atomic E-state index is 0.157. The number of rotatable bonds is 0. The standard InChI is InChI=1S/C10H8OS/c1-7-6-12-9-5-3-2-4-8(9)10(7)11/h2-6H,1H3. The Morgan fingerprint density at radius 2 is 2.00 bits per heavy atom. The minimum absolute atomic E-state index is 0.157. The van der Waals surface area contributed by atoms with Crippen molar-refractivity contribution < 1.29 is 0 Å². The van der Waals surface area contributed by atoms with Gasteiger partial charge in [-0.25, -0.2) is 0 Å².